The number of hydrogen-bond donors (Lipinski definition) is 1. The largest absolute Gasteiger partial charge is 0.465 e. The lowest BCUT2D eigenvalue weighted by Gasteiger charge is -2.06. The van der Waals surface area contributed by atoms with Crippen LogP contribution < -0.4 is 0 Å². The Morgan fingerprint density at radius 2 is 1.62 bits per heavy atom. The molecule has 0 atom stereocenters. The van der Waals surface area contributed by atoms with Gasteiger partial charge in [-0.05, 0) is 45.7 Å². The number of esters is 1. The summed E-state index contributed by atoms with van der Waals surface area (Å²) in [4.78, 5) is 36.1. The van der Waals surface area contributed by atoms with Crippen LogP contribution in [0, 0.1) is 34.6 Å². The molecule has 2 aromatic rings. The summed E-state index contributed by atoms with van der Waals surface area (Å²) in [6, 6.07) is 0. The maximum absolute atomic E-state index is 12.5. The number of ketones is 1. The van der Waals surface area contributed by atoms with Gasteiger partial charge in [-0.25, -0.2) is 14.8 Å². The van der Waals surface area contributed by atoms with Gasteiger partial charge in [-0.2, -0.15) is 0 Å². The second kappa shape index (κ2) is 7.17. The van der Waals surface area contributed by atoms with E-state index in [4.69, 9.17) is 4.74 Å². The number of nitrogens with zero attached hydrogens (tertiary/aromatic N) is 2. The van der Waals surface area contributed by atoms with Crippen LogP contribution in [0.5, 0.6) is 0 Å². The summed E-state index contributed by atoms with van der Waals surface area (Å²) in [6.45, 7) is 9.32. The second-order valence-electron chi connectivity index (χ2n) is 5.63. The molecule has 0 bridgehead atoms. The highest BCUT2D eigenvalue weighted by Crippen LogP contribution is 2.22. The predicted octanol–water partition coefficient (Wildman–Crippen LogP) is 3.11. The van der Waals surface area contributed by atoms with Crippen molar-refractivity contribution in [1.29, 1.82) is 0 Å². The van der Waals surface area contributed by atoms with Gasteiger partial charge in [-0.1, -0.05) is 11.8 Å². The molecule has 128 valence electrons. The van der Waals surface area contributed by atoms with E-state index < -0.39 is 5.97 Å². The van der Waals surface area contributed by atoms with Gasteiger partial charge in [0.15, 0.2) is 10.9 Å². The summed E-state index contributed by atoms with van der Waals surface area (Å²) in [5, 5.41) is 0.582. The Hall–Kier alpha value is -2.15. The molecular weight excluding hydrogens is 326 g/mol. The van der Waals surface area contributed by atoms with E-state index in [0.29, 0.717) is 27.7 Å². The van der Waals surface area contributed by atoms with Crippen molar-refractivity contribution >= 4 is 23.5 Å². The number of aromatic amines is 1. The molecule has 0 aliphatic heterocycles. The molecule has 0 saturated heterocycles. The van der Waals surface area contributed by atoms with Crippen molar-refractivity contribution in [3.63, 3.8) is 0 Å². The molecule has 0 aliphatic carbocycles. The Bertz CT molecular complexity index is 789. The molecule has 0 unspecified atom stereocenters. The summed E-state index contributed by atoms with van der Waals surface area (Å²) in [5.41, 5.74) is 4.98. The number of nitrogens with one attached hydrogen (secondary N) is 1. The molecule has 0 aromatic carbocycles. The van der Waals surface area contributed by atoms with E-state index in [1.807, 2.05) is 20.8 Å². The molecule has 0 amide bonds. The number of thioether (sulfide) groups is 1. The predicted molar refractivity (Wildman–Crippen MR) is 92.9 cm³/mol. The van der Waals surface area contributed by atoms with Gasteiger partial charge in [0.25, 0.3) is 0 Å². The number of hydrogen-bond acceptors (Lipinski definition) is 6. The van der Waals surface area contributed by atoms with Crippen molar-refractivity contribution in [2.24, 2.45) is 0 Å². The van der Waals surface area contributed by atoms with Gasteiger partial charge in [0.05, 0.1) is 24.1 Å². The van der Waals surface area contributed by atoms with E-state index in [9.17, 15) is 9.59 Å². The zero-order valence-corrected chi connectivity index (χ0v) is 15.6. The molecule has 24 heavy (non-hydrogen) atoms. The van der Waals surface area contributed by atoms with Crippen molar-refractivity contribution in [2.75, 3.05) is 12.9 Å². The molecule has 0 aliphatic rings. The summed E-state index contributed by atoms with van der Waals surface area (Å²) in [5.74, 6) is -0.347. The van der Waals surface area contributed by atoms with E-state index in [0.717, 1.165) is 17.0 Å². The number of ether oxygens (including phenoxy) is 1. The number of carbonyl (C=O) groups is 2. The minimum Gasteiger partial charge on any atom is -0.465 e. The Kier molecular flexibility index (Phi) is 5.43. The monoisotopic (exact) mass is 347 g/mol. The van der Waals surface area contributed by atoms with Gasteiger partial charge in [-0.3, -0.25) is 4.79 Å². The summed E-state index contributed by atoms with van der Waals surface area (Å²) in [6.07, 6.45) is 0. The summed E-state index contributed by atoms with van der Waals surface area (Å²) < 4.78 is 4.76. The fourth-order valence-electron chi connectivity index (χ4n) is 2.45. The third-order valence-electron chi connectivity index (χ3n) is 4.05. The van der Waals surface area contributed by atoms with Gasteiger partial charge in [0, 0.05) is 17.1 Å². The average Bonchev–Trinajstić information content (AvgIpc) is 2.84. The normalized spacial score (nSPS) is 10.8. The van der Waals surface area contributed by atoms with Crippen molar-refractivity contribution in [2.45, 2.75) is 39.8 Å². The zero-order valence-electron chi connectivity index (χ0n) is 14.7. The molecule has 2 rings (SSSR count). The minimum absolute atomic E-state index is 0.102. The Labute approximate surface area is 145 Å². The van der Waals surface area contributed by atoms with Crippen molar-refractivity contribution in [3.8, 4) is 0 Å². The van der Waals surface area contributed by atoms with Crippen LogP contribution in [0.15, 0.2) is 5.16 Å². The maximum atomic E-state index is 12.5. The van der Waals surface area contributed by atoms with Crippen LogP contribution in [-0.2, 0) is 4.74 Å². The number of aromatic nitrogens is 3. The first kappa shape index (κ1) is 18.2. The third kappa shape index (κ3) is 3.51. The number of aryl methyl sites for hydroxylation is 3. The van der Waals surface area contributed by atoms with Crippen LogP contribution in [0.4, 0.5) is 0 Å². The van der Waals surface area contributed by atoms with Gasteiger partial charge in [-0.15, -0.1) is 0 Å². The number of methoxy groups -OCH3 is 1. The van der Waals surface area contributed by atoms with E-state index in [1.165, 1.54) is 18.9 Å². The van der Waals surface area contributed by atoms with Crippen LogP contribution in [0.25, 0.3) is 0 Å². The molecule has 0 spiro atoms. The molecule has 0 saturated carbocycles. The lowest BCUT2D eigenvalue weighted by Crippen LogP contribution is -2.08. The highest BCUT2D eigenvalue weighted by Gasteiger charge is 2.22. The quantitative estimate of drug-likeness (QED) is 0.387. The van der Waals surface area contributed by atoms with Gasteiger partial charge in [0.1, 0.15) is 0 Å². The zero-order chi connectivity index (χ0) is 18.0. The Balaban J connectivity index is 2.18. The molecule has 7 heteroatoms. The molecular formula is C17H21N3O3S. The van der Waals surface area contributed by atoms with Crippen molar-refractivity contribution < 1.29 is 14.3 Å². The van der Waals surface area contributed by atoms with E-state index in [2.05, 4.69) is 15.0 Å². The molecule has 1 N–H and O–H groups in total. The van der Waals surface area contributed by atoms with E-state index in [1.54, 1.807) is 13.8 Å². The number of carbonyl (C=O) groups excluding carboxylic acids is 2. The first-order valence-corrected chi connectivity index (χ1v) is 8.50. The molecule has 0 fully saturated rings. The second-order valence-corrected chi connectivity index (χ2v) is 6.57. The van der Waals surface area contributed by atoms with Crippen molar-refractivity contribution in [1.82, 2.24) is 15.0 Å². The average molecular weight is 347 g/mol. The summed E-state index contributed by atoms with van der Waals surface area (Å²) in [7, 11) is 1.32. The highest BCUT2D eigenvalue weighted by molar-refractivity contribution is 7.99. The lowest BCUT2D eigenvalue weighted by atomic mass is 10.1. The van der Waals surface area contributed by atoms with Crippen LogP contribution >= 0.6 is 11.8 Å². The standard InChI is InChI=1S/C17H21N3O3S/c1-8-10(3)19-17(20-11(8)4)24-7-13(21)15-9(2)14(12(5)18-15)16(22)23-6/h18H,7H2,1-6H3. The first-order chi connectivity index (χ1) is 11.3. The Morgan fingerprint density at radius 3 is 2.17 bits per heavy atom. The third-order valence-corrected chi connectivity index (χ3v) is 4.90. The maximum Gasteiger partial charge on any atom is 0.339 e. The number of rotatable bonds is 5. The fraction of sp³-hybridized carbons (Fsp3) is 0.412. The SMILES string of the molecule is COC(=O)c1c(C)[nH]c(C(=O)CSc2nc(C)c(C)c(C)n2)c1C. The smallest absolute Gasteiger partial charge is 0.339 e. The van der Waals surface area contributed by atoms with Crippen LogP contribution in [0.1, 0.15) is 49.1 Å². The van der Waals surface area contributed by atoms with Crippen LogP contribution in [0.2, 0.25) is 0 Å². The molecule has 2 heterocycles. The first-order valence-electron chi connectivity index (χ1n) is 7.51. The minimum atomic E-state index is -0.443. The van der Waals surface area contributed by atoms with Crippen molar-refractivity contribution in [3.05, 3.63) is 39.5 Å². The topological polar surface area (TPSA) is 84.9 Å². The van der Waals surface area contributed by atoms with E-state index in [-0.39, 0.29) is 11.5 Å². The lowest BCUT2D eigenvalue weighted by molar-refractivity contribution is 0.0599. The van der Waals surface area contributed by atoms with Crippen LogP contribution in [-0.4, -0.2) is 39.6 Å². The van der Waals surface area contributed by atoms with Gasteiger partial charge >= 0.3 is 5.97 Å². The van der Waals surface area contributed by atoms with Gasteiger partial charge < -0.3 is 9.72 Å². The molecule has 0 radical (unpaired) electrons. The summed E-state index contributed by atoms with van der Waals surface area (Å²) >= 11 is 1.29. The Morgan fingerprint density at radius 1 is 1.04 bits per heavy atom. The number of Topliss-reactive ketones (excluding diaryl/α,β-unsaturated/α-hetero) is 1. The van der Waals surface area contributed by atoms with E-state index >= 15 is 0 Å². The number of H-pyrrole nitrogens is 1. The fourth-order valence-corrected chi connectivity index (χ4v) is 3.25. The van der Waals surface area contributed by atoms with Gasteiger partial charge in [0.2, 0.25) is 0 Å². The highest BCUT2D eigenvalue weighted by atomic mass is 32.2. The molecule has 6 nitrogen and oxygen atoms in total. The molecule has 2 aromatic heterocycles. The van der Waals surface area contributed by atoms with Crippen LogP contribution in [0.3, 0.4) is 0 Å².